The summed E-state index contributed by atoms with van der Waals surface area (Å²) < 4.78 is 68.6. The molecule has 0 bridgehead atoms. The van der Waals surface area contributed by atoms with Crippen LogP contribution >= 0.6 is 15.6 Å². The molecule has 97 heavy (non-hydrogen) atoms. The van der Waals surface area contributed by atoms with Crippen molar-refractivity contribution in [3.63, 3.8) is 0 Å². The van der Waals surface area contributed by atoms with E-state index in [2.05, 4.69) is 41.5 Å². The van der Waals surface area contributed by atoms with Gasteiger partial charge in [0.25, 0.3) is 0 Å². The Hall–Kier alpha value is -1.94. The summed E-state index contributed by atoms with van der Waals surface area (Å²) in [6.45, 7) is 9.64. The third-order valence-electron chi connectivity index (χ3n) is 18.6. The van der Waals surface area contributed by atoms with E-state index >= 15 is 0 Å². The van der Waals surface area contributed by atoms with Gasteiger partial charge in [0.05, 0.1) is 26.4 Å². The van der Waals surface area contributed by atoms with Gasteiger partial charge in [0, 0.05) is 25.7 Å². The monoisotopic (exact) mass is 1420 g/mol. The van der Waals surface area contributed by atoms with Crippen molar-refractivity contribution in [1.82, 2.24) is 0 Å². The van der Waals surface area contributed by atoms with E-state index in [1.165, 1.54) is 218 Å². The summed E-state index contributed by atoms with van der Waals surface area (Å²) in [4.78, 5) is 72.8. The van der Waals surface area contributed by atoms with Gasteiger partial charge in [-0.15, -0.1) is 0 Å². The van der Waals surface area contributed by atoms with Crippen molar-refractivity contribution >= 4 is 39.5 Å². The number of carbonyl (C=O) groups excluding carboxylic acids is 4. The highest BCUT2D eigenvalue weighted by Gasteiger charge is 2.30. The van der Waals surface area contributed by atoms with E-state index in [0.717, 1.165) is 108 Å². The molecule has 0 heterocycles. The molecule has 19 heteroatoms. The van der Waals surface area contributed by atoms with Crippen LogP contribution in [-0.4, -0.2) is 96.7 Å². The standard InChI is InChI=1S/C78H152O17P2/c1-7-10-12-14-16-18-19-20-21-22-23-24-29-32-38-44-50-56-62-77(82)95-74(67-89-76(81)61-55-49-43-37-31-28-26-25-27-30-35-40-46-52-58-70(4)5)69-93-97(86,87)91-65-72(79)64-90-96(84,85)92-68-73(66-88-75(80)60-54-48-42-17-15-13-11-8-2)94-78(83)63-57-51-45-39-34-33-36-41-47-53-59-71(6)9-3/h70-74,79H,7-69H2,1-6H3,(H,84,85)(H,86,87)/t71?,72-,73+,74+/m0/s1. The van der Waals surface area contributed by atoms with Crippen molar-refractivity contribution < 1.29 is 80.2 Å². The van der Waals surface area contributed by atoms with E-state index in [1.807, 2.05) is 0 Å². The van der Waals surface area contributed by atoms with Crippen molar-refractivity contribution in [3.8, 4) is 0 Å². The first-order valence-electron chi connectivity index (χ1n) is 40.5. The number of phosphoric ester groups is 2. The van der Waals surface area contributed by atoms with Crippen LogP contribution in [0.25, 0.3) is 0 Å². The molecule has 0 amide bonds. The van der Waals surface area contributed by atoms with Gasteiger partial charge in [-0.2, -0.15) is 0 Å². The Balaban J connectivity index is 5.22. The Kier molecular flexibility index (Phi) is 68.4. The van der Waals surface area contributed by atoms with Crippen molar-refractivity contribution in [1.29, 1.82) is 0 Å². The van der Waals surface area contributed by atoms with E-state index < -0.39 is 97.5 Å². The lowest BCUT2D eigenvalue weighted by atomic mass is 9.99. The Labute approximate surface area is 594 Å². The molecule has 0 fully saturated rings. The number of ether oxygens (including phenoxy) is 4. The maximum Gasteiger partial charge on any atom is 0.472 e. The first-order valence-corrected chi connectivity index (χ1v) is 43.5. The minimum absolute atomic E-state index is 0.106. The number of hydrogen-bond acceptors (Lipinski definition) is 15. The predicted octanol–water partition coefficient (Wildman–Crippen LogP) is 23.1. The van der Waals surface area contributed by atoms with Gasteiger partial charge >= 0.3 is 39.5 Å². The Morgan fingerprint density at radius 2 is 0.526 bits per heavy atom. The topological polar surface area (TPSA) is 237 Å². The molecule has 0 spiro atoms. The van der Waals surface area contributed by atoms with Crippen LogP contribution in [0.2, 0.25) is 0 Å². The van der Waals surface area contributed by atoms with Crippen LogP contribution in [0.5, 0.6) is 0 Å². The molecule has 0 aromatic heterocycles. The summed E-state index contributed by atoms with van der Waals surface area (Å²) >= 11 is 0. The third kappa shape index (κ3) is 70.9. The number of hydrogen-bond donors (Lipinski definition) is 3. The van der Waals surface area contributed by atoms with E-state index in [0.29, 0.717) is 25.7 Å². The summed E-state index contributed by atoms with van der Waals surface area (Å²) in [5.74, 6) is -0.512. The highest BCUT2D eigenvalue weighted by atomic mass is 31.2. The average Bonchev–Trinajstić information content (AvgIpc) is 1.19. The lowest BCUT2D eigenvalue weighted by Gasteiger charge is -2.21. The molecule has 0 radical (unpaired) electrons. The number of unbranched alkanes of at least 4 members (excludes halogenated alkanes) is 46. The van der Waals surface area contributed by atoms with Gasteiger partial charge < -0.3 is 33.8 Å². The third-order valence-corrected chi connectivity index (χ3v) is 20.5. The molecule has 0 aromatic rings. The number of aliphatic hydroxyl groups is 1. The van der Waals surface area contributed by atoms with E-state index in [4.69, 9.17) is 37.0 Å². The molecular formula is C78H152O17P2. The van der Waals surface area contributed by atoms with Crippen molar-refractivity contribution in [3.05, 3.63) is 0 Å². The molecule has 0 aliphatic carbocycles. The van der Waals surface area contributed by atoms with E-state index in [-0.39, 0.29) is 25.7 Å². The first-order chi connectivity index (χ1) is 46.9. The quantitative estimate of drug-likeness (QED) is 0.0222. The SMILES string of the molecule is CCCCCCCCCCCCCCCCCCCCC(=O)O[C@H](COC(=O)CCCCCCCCCCCCCCCCC(C)C)COP(=O)(O)OC[C@@H](O)COP(=O)(O)OC[C@@H](COC(=O)CCCCCCCCCC)OC(=O)CCCCCCCCCCCCC(C)CC. The maximum atomic E-state index is 13.1. The largest absolute Gasteiger partial charge is 0.472 e. The summed E-state index contributed by atoms with van der Waals surface area (Å²) in [5.41, 5.74) is 0. The fourth-order valence-corrected chi connectivity index (χ4v) is 13.6. The number of phosphoric acid groups is 2. The summed E-state index contributed by atoms with van der Waals surface area (Å²) in [7, 11) is -9.91. The average molecular weight is 1420 g/mol. The fourth-order valence-electron chi connectivity index (χ4n) is 12.0. The van der Waals surface area contributed by atoms with Gasteiger partial charge in [-0.1, -0.05) is 356 Å². The van der Waals surface area contributed by atoms with Crippen molar-refractivity contribution in [2.45, 2.75) is 426 Å². The van der Waals surface area contributed by atoms with Crippen LogP contribution < -0.4 is 0 Å². The summed E-state index contributed by atoms with van der Waals surface area (Å²) in [6.07, 6.45) is 58.2. The molecule has 0 aliphatic rings. The Morgan fingerprint density at radius 1 is 0.299 bits per heavy atom. The van der Waals surface area contributed by atoms with Gasteiger partial charge in [-0.25, -0.2) is 9.13 Å². The number of rotatable bonds is 77. The zero-order valence-electron chi connectivity index (χ0n) is 63.4. The molecule has 0 aliphatic heterocycles. The van der Waals surface area contributed by atoms with Crippen LogP contribution in [0.4, 0.5) is 0 Å². The second kappa shape index (κ2) is 69.8. The van der Waals surface area contributed by atoms with Gasteiger partial charge in [0.1, 0.15) is 19.3 Å². The van der Waals surface area contributed by atoms with Crippen LogP contribution in [-0.2, 0) is 65.4 Å². The van der Waals surface area contributed by atoms with Gasteiger partial charge in [0.2, 0.25) is 0 Å². The summed E-state index contributed by atoms with van der Waals surface area (Å²) in [6, 6.07) is 0. The molecule has 0 rings (SSSR count). The smallest absolute Gasteiger partial charge is 0.462 e. The van der Waals surface area contributed by atoms with Gasteiger partial charge in [-0.3, -0.25) is 37.3 Å². The number of esters is 4. The number of carbonyl (C=O) groups is 4. The van der Waals surface area contributed by atoms with Crippen LogP contribution in [0.15, 0.2) is 0 Å². The van der Waals surface area contributed by atoms with E-state index in [9.17, 15) is 43.2 Å². The number of aliphatic hydroxyl groups excluding tert-OH is 1. The predicted molar refractivity (Wildman–Crippen MR) is 395 cm³/mol. The minimum Gasteiger partial charge on any atom is -0.462 e. The Morgan fingerprint density at radius 3 is 0.784 bits per heavy atom. The lowest BCUT2D eigenvalue weighted by Crippen LogP contribution is -2.30. The maximum absolute atomic E-state index is 13.1. The first kappa shape index (κ1) is 95.1. The van der Waals surface area contributed by atoms with E-state index in [1.54, 1.807) is 0 Å². The molecule has 0 saturated heterocycles. The molecular weight excluding hydrogens is 1270 g/mol. The summed E-state index contributed by atoms with van der Waals surface area (Å²) in [5, 5.41) is 10.6. The second-order valence-electron chi connectivity index (χ2n) is 28.8. The molecule has 0 saturated carbocycles. The van der Waals surface area contributed by atoms with Crippen LogP contribution in [0.3, 0.4) is 0 Å². The van der Waals surface area contributed by atoms with Gasteiger partial charge in [0.15, 0.2) is 12.2 Å². The molecule has 6 atom stereocenters. The zero-order chi connectivity index (χ0) is 71.4. The molecule has 3 unspecified atom stereocenters. The van der Waals surface area contributed by atoms with Gasteiger partial charge in [-0.05, 0) is 37.5 Å². The highest BCUT2D eigenvalue weighted by Crippen LogP contribution is 2.45. The Bertz CT molecular complexity index is 1870. The van der Waals surface area contributed by atoms with Crippen molar-refractivity contribution in [2.24, 2.45) is 11.8 Å². The van der Waals surface area contributed by atoms with Crippen LogP contribution in [0, 0.1) is 11.8 Å². The fraction of sp³-hybridized carbons (Fsp3) is 0.949. The minimum atomic E-state index is -4.96. The molecule has 0 aromatic carbocycles. The zero-order valence-corrected chi connectivity index (χ0v) is 65.2. The van der Waals surface area contributed by atoms with Crippen LogP contribution in [0.1, 0.15) is 408 Å². The molecule has 17 nitrogen and oxygen atoms in total. The highest BCUT2D eigenvalue weighted by molar-refractivity contribution is 7.47. The molecule has 576 valence electrons. The molecule has 3 N–H and O–H groups in total. The lowest BCUT2D eigenvalue weighted by molar-refractivity contribution is -0.161. The second-order valence-corrected chi connectivity index (χ2v) is 31.7. The van der Waals surface area contributed by atoms with Crippen molar-refractivity contribution in [2.75, 3.05) is 39.6 Å². The normalized spacial score (nSPS) is 14.2.